The summed E-state index contributed by atoms with van der Waals surface area (Å²) in [4.78, 5) is 0. The number of hydrogen-bond donors (Lipinski definition) is 0. The van der Waals surface area contributed by atoms with Crippen molar-refractivity contribution >= 4 is 87.2 Å². The summed E-state index contributed by atoms with van der Waals surface area (Å²) < 4.78 is 9.74. The van der Waals surface area contributed by atoms with Crippen molar-refractivity contribution in [1.82, 2.24) is 18.3 Å². The molecule has 0 spiro atoms. The highest BCUT2D eigenvalue weighted by atomic mass is 15.0. The SMILES string of the molecule is c1ccc(-n2c3ccccc3c3cc(-c4cccc(-n5c6ccccc6c6cccc(-c7cccc(-c8cccc9c%10ccccc%10n(-c%10cccc(-c%11ccc%12c(c%11)c%11ccccc%11n%12-c%11ccccc%11)c%10)c89)c7)c65)c4)ccc32)cc1. The second-order valence-electron chi connectivity index (χ2n) is 21.6. The number of benzene rings is 13. The number of nitrogens with zero attached hydrogens (tertiary/aromatic N) is 4. The van der Waals surface area contributed by atoms with E-state index in [1.165, 1.54) is 121 Å². The van der Waals surface area contributed by atoms with Crippen LogP contribution in [0, 0.1) is 0 Å². The van der Waals surface area contributed by atoms with E-state index in [1.807, 2.05) is 0 Å². The molecule has 17 rings (SSSR count). The van der Waals surface area contributed by atoms with Crippen LogP contribution in [0.4, 0.5) is 0 Å². The van der Waals surface area contributed by atoms with Gasteiger partial charge in [-0.2, -0.15) is 0 Å². The van der Waals surface area contributed by atoms with Crippen molar-refractivity contribution < 1.29 is 0 Å². The Hall–Kier alpha value is -10.9. The van der Waals surface area contributed by atoms with Crippen molar-refractivity contribution in [1.29, 1.82) is 0 Å². The number of rotatable bonds is 8. The first-order chi connectivity index (χ1) is 40.7. The molecule has 0 atom stereocenters. The Labute approximate surface area is 473 Å². The lowest BCUT2D eigenvalue weighted by Crippen LogP contribution is -1.97. The van der Waals surface area contributed by atoms with Crippen LogP contribution in [0.5, 0.6) is 0 Å². The zero-order valence-electron chi connectivity index (χ0n) is 44.7. The molecule has 0 fully saturated rings. The first-order valence-corrected chi connectivity index (χ1v) is 28.2. The van der Waals surface area contributed by atoms with Gasteiger partial charge in [0.05, 0.1) is 44.1 Å². The third-order valence-corrected chi connectivity index (χ3v) is 17.1. The highest BCUT2D eigenvalue weighted by Gasteiger charge is 2.22. The molecular weight excluding hydrogens is 993 g/mol. The normalized spacial score (nSPS) is 11.9. The maximum atomic E-state index is 2.49. The van der Waals surface area contributed by atoms with Gasteiger partial charge in [-0.15, -0.1) is 0 Å². The molecule has 0 amide bonds. The minimum Gasteiger partial charge on any atom is -0.309 e. The van der Waals surface area contributed by atoms with E-state index in [4.69, 9.17) is 0 Å². The molecule has 4 heteroatoms. The average molecular weight is 1040 g/mol. The van der Waals surface area contributed by atoms with Crippen LogP contribution in [-0.2, 0) is 0 Å². The summed E-state index contributed by atoms with van der Waals surface area (Å²) >= 11 is 0. The minimum atomic E-state index is 1.12. The van der Waals surface area contributed by atoms with Crippen molar-refractivity contribution in [3.05, 3.63) is 303 Å². The number of para-hydroxylation sites is 8. The van der Waals surface area contributed by atoms with E-state index in [0.717, 1.165) is 33.9 Å². The second kappa shape index (κ2) is 18.3. The van der Waals surface area contributed by atoms with Gasteiger partial charge in [0, 0.05) is 77.0 Å². The van der Waals surface area contributed by atoms with Gasteiger partial charge in [-0.25, -0.2) is 0 Å². The van der Waals surface area contributed by atoms with E-state index < -0.39 is 0 Å². The quantitative estimate of drug-likeness (QED) is 0.145. The third-order valence-electron chi connectivity index (χ3n) is 17.1. The zero-order chi connectivity index (χ0) is 53.8. The maximum absolute atomic E-state index is 2.49. The highest BCUT2D eigenvalue weighted by molar-refractivity contribution is 6.17. The summed E-state index contributed by atoms with van der Waals surface area (Å²) in [6.45, 7) is 0. The summed E-state index contributed by atoms with van der Waals surface area (Å²) in [5.41, 5.74) is 23.5. The van der Waals surface area contributed by atoms with E-state index in [9.17, 15) is 0 Å². The Morgan fingerprint density at radius 2 is 0.463 bits per heavy atom. The monoisotopic (exact) mass is 1040 g/mol. The highest BCUT2D eigenvalue weighted by Crippen LogP contribution is 2.44. The summed E-state index contributed by atoms with van der Waals surface area (Å²) in [7, 11) is 0. The Bertz CT molecular complexity index is 5060. The lowest BCUT2D eigenvalue weighted by atomic mass is 9.96. The smallest absolute Gasteiger partial charge is 0.0619 e. The molecule has 0 radical (unpaired) electrons. The summed E-state index contributed by atoms with van der Waals surface area (Å²) in [6.07, 6.45) is 0. The van der Waals surface area contributed by atoms with Gasteiger partial charge >= 0.3 is 0 Å². The fourth-order valence-corrected chi connectivity index (χ4v) is 13.6. The molecule has 0 saturated heterocycles. The van der Waals surface area contributed by atoms with Gasteiger partial charge < -0.3 is 18.3 Å². The minimum absolute atomic E-state index is 1.12. The van der Waals surface area contributed by atoms with E-state index in [0.29, 0.717) is 0 Å². The summed E-state index contributed by atoms with van der Waals surface area (Å²) in [5.74, 6) is 0. The Morgan fingerprint density at radius 1 is 0.159 bits per heavy atom. The lowest BCUT2D eigenvalue weighted by Gasteiger charge is -2.15. The molecule has 0 aliphatic rings. The van der Waals surface area contributed by atoms with E-state index in [-0.39, 0.29) is 0 Å². The zero-order valence-corrected chi connectivity index (χ0v) is 44.7. The molecule has 0 bridgehead atoms. The molecule has 4 heterocycles. The predicted octanol–water partition coefficient (Wildman–Crippen LogP) is 20.7. The van der Waals surface area contributed by atoms with E-state index in [1.54, 1.807) is 0 Å². The molecule has 0 aliphatic carbocycles. The largest absolute Gasteiger partial charge is 0.309 e. The van der Waals surface area contributed by atoms with E-state index in [2.05, 4.69) is 322 Å². The topological polar surface area (TPSA) is 19.7 Å². The second-order valence-corrected chi connectivity index (χ2v) is 21.6. The summed E-state index contributed by atoms with van der Waals surface area (Å²) in [5, 5.41) is 9.87. The first kappa shape index (κ1) is 46.0. The molecule has 13 aromatic carbocycles. The van der Waals surface area contributed by atoms with Crippen molar-refractivity contribution in [3.8, 4) is 67.3 Å². The van der Waals surface area contributed by atoms with Crippen LogP contribution in [0.15, 0.2) is 303 Å². The Morgan fingerprint density at radius 3 is 0.902 bits per heavy atom. The Kier molecular flexibility index (Phi) is 10.3. The predicted molar refractivity (Wildman–Crippen MR) is 346 cm³/mol. The van der Waals surface area contributed by atoms with E-state index >= 15 is 0 Å². The maximum Gasteiger partial charge on any atom is 0.0619 e. The number of fused-ring (bicyclic) bond motifs is 12. The molecule has 17 aromatic rings. The van der Waals surface area contributed by atoms with Crippen LogP contribution in [0.1, 0.15) is 0 Å². The van der Waals surface area contributed by atoms with Crippen LogP contribution >= 0.6 is 0 Å². The van der Waals surface area contributed by atoms with Crippen LogP contribution in [-0.4, -0.2) is 18.3 Å². The molecule has 0 unspecified atom stereocenters. The molecule has 0 N–H and O–H groups in total. The van der Waals surface area contributed by atoms with Gasteiger partial charge in [0.1, 0.15) is 0 Å². The molecule has 0 saturated carbocycles. The average Bonchev–Trinajstić information content (AvgIpc) is 4.47. The standard InChI is InChI=1S/C78H50N4/c1-3-24-57(25-4-1)79-71-38-11-9-32-65(71)69-49-53(42-44-75(69)79)51-20-16-28-59(47-51)81-73-40-13-7-30-63(73)67-36-18-34-61(77(67)81)55-22-15-23-56(46-55)62-35-19-37-68-64-31-8-14-41-74(64)82(78(62)68)60-29-17-21-52(48-60)54-43-45-76-70(50-54)66-33-10-12-39-72(66)80(76)58-26-5-2-6-27-58/h1-50H. The van der Waals surface area contributed by atoms with Crippen molar-refractivity contribution in [2.75, 3.05) is 0 Å². The molecular formula is C78H50N4. The van der Waals surface area contributed by atoms with Crippen molar-refractivity contribution in [3.63, 3.8) is 0 Å². The fraction of sp³-hybridized carbons (Fsp3) is 0. The van der Waals surface area contributed by atoms with Crippen molar-refractivity contribution in [2.45, 2.75) is 0 Å². The number of aromatic nitrogens is 4. The number of hydrogen-bond acceptors (Lipinski definition) is 0. The molecule has 382 valence electrons. The van der Waals surface area contributed by atoms with Crippen LogP contribution in [0.25, 0.3) is 154 Å². The van der Waals surface area contributed by atoms with Gasteiger partial charge in [-0.3, -0.25) is 0 Å². The van der Waals surface area contributed by atoms with Gasteiger partial charge in [0.2, 0.25) is 0 Å². The van der Waals surface area contributed by atoms with Gasteiger partial charge in [-0.05, 0) is 137 Å². The first-order valence-electron chi connectivity index (χ1n) is 28.2. The van der Waals surface area contributed by atoms with Crippen LogP contribution in [0.3, 0.4) is 0 Å². The molecule has 82 heavy (non-hydrogen) atoms. The fourth-order valence-electron chi connectivity index (χ4n) is 13.6. The van der Waals surface area contributed by atoms with Crippen LogP contribution in [0.2, 0.25) is 0 Å². The Balaban J connectivity index is 0.798. The van der Waals surface area contributed by atoms with Crippen molar-refractivity contribution in [2.24, 2.45) is 0 Å². The third kappa shape index (κ3) is 7.05. The lowest BCUT2D eigenvalue weighted by molar-refractivity contribution is 1.18. The molecule has 4 aromatic heterocycles. The van der Waals surface area contributed by atoms with Gasteiger partial charge in [0.15, 0.2) is 0 Å². The summed E-state index contributed by atoms with van der Waals surface area (Å²) in [6, 6.07) is 112. The van der Waals surface area contributed by atoms with Gasteiger partial charge in [0.25, 0.3) is 0 Å². The molecule has 0 aliphatic heterocycles. The van der Waals surface area contributed by atoms with Crippen LogP contribution < -0.4 is 0 Å². The molecule has 4 nitrogen and oxygen atoms in total. The van der Waals surface area contributed by atoms with Gasteiger partial charge in [-0.1, -0.05) is 200 Å².